The summed E-state index contributed by atoms with van der Waals surface area (Å²) in [5.41, 5.74) is 5.33. The van der Waals surface area contributed by atoms with Crippen LogP contribution in [0.25, 0.3) is 0 Å². The Balaban J connectivity index is 0. The Labute approximate surface area is 111 Å². The van der Waals surface area contributed by atoms with E-state index < -0.39 is 36.1 Å². The zero-order valence-corrected chi connectivity index (χ0v) is 10.3. The monoisotopic (exact) mass is 298 g/mol. The lowest BCUT2D eigenvalue weighted by atomic mass is 10.2. The van der Waals surface area contributed by atoms with E-state index in [0.717, 1.165) is 0 Å². The van der Waals surface area contributed by atoms with Crippen molar-refractivity contribution in [2.24, 2.45) is 5.73 Å². The number of aliphatic carboxylic acids is 2. The Bertz CT molecular complexity index is 403. The first-order chi connectivity index (χ1) is 8.93. The van der Waals surface area contributed by atoms with Gasteiger partial charge in [0.1, 0.15) is 6.04 Å². The predicted molar refractivity (Wildman–Crippen MR) is 60.4 cm³/mol. The fourth-order valence-electron chi connectivity index (χ4n) is 0.602. The third kappa shape index (κ3) is 9.72. The number of carbonyl (C=O) groups excluding carboxylic acids is 1. The number of amides is 1. The van der Waals surface area contributed by atoms with Crippen LogP contribution in [0.2, 0.25) is 0 Å². The summed E-state index contributed by atoms with van der Waals surface area (Å²) >= 11 is 0. The van der Waals surface area contributed by atoms with Gasteiger partial charge in [-0.1, -0.05) is 0 Å². The molecular formula is C10H13F3N2O5. The van der Waals surface area contributed by atoms with Crippen molar-refractivity contribution in [2.75, 3.05) is 0 Å². The van der Waals surface area contributed by atoms with Crippen molar-refractivity contribution < 1.29 is 37.8 Å². The molecule has 0 aliphatic heterocycles. The molecule has 0 radical (unpaired) electrons. The van der Waals surface area contributed by atoms with Crippen LogP contribution in [-0.4, -0.2) is 46.3 Å². The van der Waals surface area contributed by atoms with E-state index in [2.05, 4.69) is 11.2 Å². The number of terminal acetylenes is 1. The van der Waals surface area contributed by atoms with Crippen molar-refractivity contribution in [3.8, 4) is 12.3 Å². The molecule has 2 atom stereocenters. The first-order valence-corrected chi connectivity index (χ1v) is 4.95. The average molecular weight is 298 g/mol. The highest BCUT2D eigenvalue weighted by molar-refractivity contribution is 5.86. The molecule has 0 bridgehead atoms. The van der Waals surface area contributed by atoms with Crippen molar-refractivity contribution in [1.29, 1.82) is 0 Å². The highest BCUT2D eigenvalue weighted by Crippen LogP contribution is 2.13. The first-order valence-electron chi connectivity index (χ1n) is 4.95. The van der Waals surface area contributed by atoms with E-state index >= 15 is 0 Å². The van der Waals surface area contributed by atoms with Gasteiger partial charge >= 0.3 is 18.1 Å². The number of carbonyl (C=O) groups is 3. The molecule has 10 heteroatoms. The number of alkyl halides is 3. The highest BCUT2D eigenvalue weighted by Gasteiger charge is 2.38. The molecule has 0 aliphatic rings. The first kappa shape index (κ1) is 20.0. The number of nitrogens with one attached hydrogen (secondary N) is 1. The maximum Gasteiger partial charge on any atom is 0.490 e. The van der Waals surface area contributed by atoms with E-state index in [4.69, 9.17) is 27.2 Å². The number of hydrogen-bond acceptors (Lipinski definition) is 4. The summed E-state index contributed by atoms with van der Waals surface area (Å²) < 4.78 is 31.7. The second-order valence-corrected chi connectivity index (χ2v) is 3.39. The fraction of sp³-hybridized carbons (Fsp3) is 0.500. The number of rotatable bonds is 4. The van der Waals surface area contributed by atoms with E-state index in [-0.39, 0.29) is 6.42 Å². The lowest BCUT2D eigenvalue weighted by Crippen LogP contribution is -2.46. The molecule has 20 heavy (non-hydrogen) atoms. The van der Waals surface area contributed by atoms with E-state index in [1.807, 2.05) is 0 Å². The van der Waals surface area contributed by atoms with Crippen molar-refractivity contribution in [1.82, 2.24) is 5.32 Å². The van der Waals surface area contributed by atoms with Gasteiger partial charge in [0.2, 0.25) is 5.91 Å². The van der Waals surface area contributed by atoms with Gasteiger partial charge in [0.15, 0.2) is 0 Å². The lowest BCUT2D eigenvalue weighted by Gasteiger charge is -2.12. The minimum atomic E-state index is -5.08. The minimum absolute atomic E-state index is 0.0954. The summed E-state index contributed by atoms with van der Waals surface area (Å²) in [6.07, 6.45) is -0.0564. The van der Waals surface area contributed by atoms with Crippen LogP contribution < -0.4 is 11.1 Å². The summed E-state index contributed by atoms with van der Waals surface area (Å²) in [5.74, 6) is -2.20. The molecule has 1 amide bonds. The molecule has 0 unspecified atom stereocenters. The van der Waals surface area contributed by atoms with E-state index in [1.165, 1.54) is 6.92 Å². The smallest absolute Gasteiger partial charge is 0.480 e. The predicted octanol–water partition coefficient (Wildman–Crippen LogP) is -0.440. The molecule has 0 aromatic rings. The number of nitrogens with two attached hydrogens (primary N) is 1. The van der Waals surface area contributed by atoms with Crippen molar-refractivity contribution in [3.05, 3.63) is 0 Å². The maximum absolute atomic E-state index is 11.1. The van der Waals surface area contributed by atoms with Crippen molar-refractivity contribution >= 4 is 17.8 Å². The van der Waals surface area contributed by atoms with Gasteiger partial charge in [-0.25, -0.2) is 4.79 Å². The number of halogens is 3. The molecule has 0 heterocycles. The largest absolute Gasteiger partial charge is 0.490 e. The van der Waals surface area contributed by atoms with Crippen LogP contribution in [-0.2, 0) is 14.4 Å². The Kier molecular flexibility index (Phi) is 8.78. The SMILES string of the molecule is C#CC[C@@H](N)C(=O)N[C@H](C)C(=O)O.O=C(O)C(F)(F)F. The van der Waals surface area contributed by atoms with Crippen LogP contribution in [0.3, 0.4) is 0 Å². The van der Waals surface area contributed by atoms with Gasteiger partial charge in [-0.2, -0.15) is 13.2 Å². The van der Waals surface area contributed by atoms with E-state index in [9.17, 15) is 22.8 Å². The number of hydrogen-bond donors (Lipinski definition) is 4. The Morgan fingerprint density at radius 1 is 1.35 bits per heavy atom. The molecular weight excluding hydrogens is 285 g/mol. The van der Waals surface area contributed by atoms with Gasteiger partial charge in [-0.05, 0) is 6.92 Å². The second-order valence-electron chi connectivity index (χ2n) is 3.39. The quantitative estimate of drug-likeness (QED) is 0.521. The normalized spacial score (nSPS) is 13.0. The van der Waals surface area contributed by atoms with Crippen LogP contribution >= 0.6 is 0 Å². The topological polar surface area (TPSA) is 130 Å². The number of carboxylic acids is 2. The Hall–Kier alpha value is -2.28. The summed E-state index contributed by atoms with van der Waals surface area (Å²) in [7, 11) is 0. The molecule has 0 rings (SSSR count). The zero-order valence-electron chi connectivity index (χ0n) is 10.3. The molecule has 5 N–H and O–H groups in total. The molecule has 0 aromatic heterocycles. The summed E-state index contributed by atoms with van der Waals surface area (Å²) in [4.78, 5) is 30.3. The van der Waals surface area contributed by atoms with Crippen LogP contribution in [0.5, 0.6) is 0 Å². The van der Waals surface area contributed by atoms with Crippen LogP contribution in [0.15, 0.2) is 0 Å². The van der Waals surface area contributed by atoms with Crippen LogP contribution in [0.1, 0.15) is 13.3 Å². The average Bonchev–Trinajstić information content (AvgIpc) is 2.28. The molecule has 0 saturated heterocycles. The van der Waals surface area contributed by atoms with Gasteiger partial charge in [-0.15, -0.1) is 12.3 Å². The molecule has 0 spiro atoms. The lowest BCUT2D eigenvalue weighted by molar-refractivity contribution is -0.192. The highest BCUT2D eigenvalue weighted by atomic mass is 19.4. The van der Waals surface area contributed by atoms with Gasteiger partial charge < -0.3 is 21.3 Å². The molecule has 0 saturated carbocycles. The van der Waals surface area contributed by atoms with Crippen molar-refractivity contribution in [3.63, 3.8) is 0 Å². The minimum Gasteiger partial charge on any atom is -0.480 e. The summed E-state index contributed by atoms with van der Waals surface area (Å²) in [6.45, 7) is 1.35. The number of carboxylic acid groups (broad SMARTS) is 2. The van der Waals surface area contributed by atoms with Gasteiger partial charge in [0, 0.05) is 6.42 Å². The molecule has 114 valence electrons. The zero-order chi connectivity index (χ0) is 16.5. The summed E-state index contributed by atoms with van der Waals surface area (Å²) in [5, 5.41) is 17.8. The van der Waals surface area contributed by atoms with Gasteiger partial charge in [-0.3, -0.25) is 9.59 Å². The standard InChI is InChI=1S/C8H12N2O3.C2HF3O2/c1-3-4-6(9)7(11)10-5(2)8(12)13;3-2(4,5)1(6)7/h1,5-6H,4,9H2,2H3,(H,10,11)(H,12,13);(H,6,7)/t5-,6-;/m1./s1. The summed E-state index contributed by atoms with van der Waals surface area (Å²) in [6, 6.07) is -1.79. The Morgan fingerprint density at radius 3 is 2.00 bits per heavy atom. The van der Waals surface area contributed by atoms with Crippen molar-refractivity contribution in [2.45, 2.75) is 31.6 Å². The molecule has 0 aliphatic carbocycles. The molecule has 0 fully saturated rings. The van der Waals surface area contributed by atoms with E-state index in [0.29, 0.717) is 0 Å². The van der Waals surface area contributed by atoms with E-state index in [1.54, 1.807) is 0 Å². The maximum atomic E-state index is 11.1. The van der Waals surface area contributed by atoms with Gasteiger partial charge in [0.25, 0.3) is 0 Å². The fourth-order valence-corrected chi connectivity index (χ4v) is 0.602. The Morgan fingerprint density at radius 2 is 1.75 bits per heavy atom. The third-order valence-corrected chi connectivity index (χ3v) is 1.65. The second kappa shape index (κ2) is 8.76. The van der Waals surface area contributed by atoms with Crippen LogP contribution in [0, 0.1) is 12.3 Å². The van der Waals surface area contributed by atoms with Gasteiger partial charge in [0.05, 0.1) is 6.04 Å². The molecule has 0 aromatic carbocycles. The molecule has 7 nitrogen and oxygen atoms in total. The third-order valence-electron chi connectivity index (χ3n) is 1.65. The van der Waals surface area contributed by atoms with Crippen LogP contribution in [0.4, 0.5) is 13.2 Å².